The second kappa shape index (κ2) is 8.50. The van der Waals surface area contributed by atoms with E-state index < -0.39 is 32.0 Å². The number of pyridine rings is 1. The van der Waals surface area contributed by atoms with Crippen LogP contribution in [-0.2, 0) is 10.1 Å². The molecule has 0 spiro atoms. The lowest BCUT2D eigenvalue weighted by Gasteiger charge is -2.23. The second-order valence-electron chi connectivity index (χ2n) is 7.01. The van der Waals surface area contributed by atoms with Gasteiger partial charge in [-0.15, -0.1) is 0 Å². The maximum atomic E-state index is 12.9. The van der Waals surface area contributed by atoms with Gasteiger partial charge in [0.05, 0.1) is 4.92 Å². The van der Waals surface area contributed by atoms with Gasteiger partial charge in [0.2, 0.25) is 0 Å². The SMILES string of the molecule is N#Cc1c(-c2ccc([N+](=O)[O-])cc2)cc(C2CCCCC2)nc1OS(=O)(=O)C(F)(F)F. The Hall–Kier alpha value is -3.20. The molecule has 1 saturated carbocycles. The van der Waals surface area contributed by atoms with Crippen molar-refractivity contribution in [2.24, 2.45) is 0 Å². The van der Waals surface area contributed by atoms with Gasteiger partial charge in [-0.25, -0.2) is 4.98 Å². The number of nitro groups is 1. The summed E-state index contributed by atoms with van der Waals surface area (Å²) in [6.07, 6.45) is 4.13. The molecule has 1 aromatic heterocycles. The first-order valence-electron chi connectivity index (χ1n) is 9.24. The van der Waals surface area contributed by atoms with Crippen molar-refractivity contribution in [3.63, 3.8) is 0 Å². The highest BCUT2D eigenvalue weighted by molar-refractivity contribution is 7.87. The van der Waals surface area contributed by atoms with Crippen molar-refractivity contribution in [3.05, 3.63) is 51.7 Å². The number of nitrogens with zero attached hydrogens (tertiary/aromatic N) is 3. The first kappa shape index (κ1) is 22.5. The predicted molar refractivity (Wildman–Crippen MR) is 102 cm³/mol. The molecule has 0 saturated heterocycles. The van der Waals surface area contributed by atoms with E-state index >= 15 is 0 Å². The molecular formula is C19H16F3N3O5S. The highest BCUT2D eigenvalue weighted by Crippen LogP contribution is 2.39. The third-order valence-electron chi connectivity index (χ3n) is 5.00. The molecule has 31 heavy (non-hydrogen) atoms. The topological polar surface area (TPSA) is 123 Å². The van der Waals surface area contributed by atoms with E-state index in [1.165, 1.54) is 30.3 Å². The Labute approximate surface area is 175 Å². The lowest BCUT2D eigenvalue weighted by atomic mass is 9.85. The number of hydrogen-bond donors (Lipinski definition) is 0. The molecular weight excluding hydrogens is 439 g/mol. The van der Waals surface area contributed by atoms with Crippen LogP contribution in [-0.4, -0.2) is 23.8 Å². The molecule has 0 amide bonds. The van der Waals surface area contributed by atoms with Crippen molar-refractivity contribution in [3.8, 4) is 23.1 Å². The van der Waals surface area contributed by atoms with Crippen molar-refractivity contribution >= 4 is 15.8 Å². The van der Waals surface area contributed by atoms with Crippen LogP contribution >= 0.6 is 0 Å². The van der Waals surface area contributed by atoms with Gasteiger partial charge in [0.1, 0.15) is 11.6 Å². The molecule has 164 valence electrons. The number of halogens is 3. The van der Waals surface area contributed by atoms with Gasteiger partial charge in [-0.2, -0.15) is 26.9 Å². The van der Waals surface area contributed by atoms with Gasteiger partial charge in [0.25, 0.3) is 11.6 Å². The molecule has 12 heteroatoms. The number of alkyl halides is 3. The van der Waals surface area contributed by atoms with E-state index in [0.717, 1.165) is 19.3 Å². The molecule has 2 aromatic rings. The molecule has 1 aromatic carbocycles. The third-order valence-corrected chi connectivity index (χ3v) is 5.95. The zero-order valence-corrected chi connectivity index (χ0v) is 16.7. The number of nitriles is 1. The van der Waals surface area contributed by atoms with Gasteiger partial charge in [-0.05, 0) is 36.6 Å². The van der Waals surface area contributed by atoms with Gasteiger partial charge < -0.3 is 4.18 Å². The van der Waals surface area contributed by atoms with Crippen molar-refractivity contribution in [2.45, 2.75) is 43.5 Å². The normalized spacial score (nSPS) is 15.3. The summed E-state index contributed by atoms with van der Waals surface area (Å²) in [6.45, 7) is 0. The minimum absolute atomic E-state index is 0.0837. The number of aromatic nitrogens is 1. The van der Waals surface area contributed by atoms with E-state index in [4.69, 9.17) is 0 Å². The van der Waals surface area contributed by atoms with Crippen LogP contribution in [0.2, 0.25) is 0 Å². The summed E-state index contributed by atoms with van der Waals surface area (Å²) in [7, 11) is -6.05. The Morgan fingerprint density at radius 3 is 2.29 bits per heavy atom. The Bertz CT molecular complexity index is 1140. The van der Waals surface area contributed by atoms with Crippen molar-refractivity contribution in [1.29, 1.82) is 5.26 Å². The highest BCUT2D eigenvalue weighted by atomic mass is 32.2. The van der Waals surface area contributed by atoms with Gasteiger partial charge in [0, 0.05) is 29.3 Å². The van der Waals surface area contributed by atoms with E-state index in [0.29, 0.717) is 18.5 Å². The fourth-order valence-electron chi connectivity index (χ4n) is 3.46. The number of hydrogen-bond acceptors (Lipinski definition) is 7. The van der Waals surface area contributed by atoms with Crippen molar-refractivity contribution < 1.29 is 30.7 Å². The summed E-state index contributed by atoms with van der Waals surface area (Å²) in [6, 6.07) is 8.14. The maximum absolute atomic E-state index is 12.9. The Balaban J connectivity index is 2.18. The highest BCUT2D eigenvalue weighted by Gasteiger charge is 2.49. The summed E-state index contributed by atoms with van der Waals surface area (Å²) in [5.41, 5.74) is -5.77. The first-order chi connectivity index (χ1) is 14.5. The quantitative estimate of drug-likeness (QED) is 0.274. The Morgan fingerprint density at radius 1 is 1.16 bits per heavy atom. The maximum Gasteiger partial charge on any atom is 0.534 e. The summed E-state index contributed by atoms with van der Waals surface area (Å²) in [5.74, 6) is -1.11. The van der Waals surface area contributed by atoms with E-state index in [1.54, 1.807) is 6.07 Å². The Kier molecular flexibility index (Phi) is 6.17. The van der Waals surface area contributed by atoms with Gasteiger partial charge in [-0.3, -0.25) is 10.1 Å². The molecule has 8 nitrogen and oxygen atoms in total. The zero-order chi connectivity index (χ0) is 22.8. The monoisotopic (exact) mass is 455 g/mol. The standard InChI is InChI=1S/C19H16F3N3O5S/c20-19(21,22)31(28,29)30-18-16(11-23)15(12-6-8-14(9-7-12)25(26)27)10-17(24-18)13-4-2-1-3-5-13/h6-10,13H,1-5H2. The van der Waals surface area contributed by atoms with Crippen LogP contribution in [0.4, 0.5) is 18.9 Å². The number of non-ortho nitro benzene ring substituents is 1. The van der Waals surface area contributed by atoms with Gasteiger partial charge >= 0.3 is 15.6 Å². The van der Waals surface area contributed by atoms with Gasteiger partial charge in [-0.1, -0.05) is 19.3 Å². The average Bonchev–Trinajstić information content (AvgIpc) is 2.73. The molecule has 0 unspecified atom stereocenters. The molecule has 0 radical (unpaired) electrons. The number of nitro benzene ring substituents is 1. The molecule has 1 aliphatic carbocycles. The van der Waals surface area contributed by atoms with Crippen LogP contribution in [0.3, 0.4) is 0 Å². The average molecular weight is 455 g/mol. The molecule has 1 fully saturated rings. The number of rotatable bonds is 5. The van der Waals surface area contributed by atoms with E-state index in [-0.39, 0.29) is 22.7 Å². The molecule has 1 heterocycles. The largest absolute Gasteiger partial charge is 0.534 e. The fraction of sp³-hybridized carbons (Fsp3) is 0.368. The van der Waals surface area contributed by atoms with Crippen LogP contribution < -0.4 is 4.18 Å². The summed E-state index contributed by atoms with van der Waals surface area (Å²) < 4.78 is 66.0. The Morgan fingerprint density at radius 2 is 1.77 bits per heavy atom. The molecule has 0 bridgehead atoms. The van der Waals surface area contributed by atoms with Crippen molar-refractivity contribution in [2.75, 3.05) is 0 Å². The fourth-order valence-corrected chi connectivity index (χ4v) is 3.88. The van der Waals surface area contributed by atoms with Crippen LogP contribution in [0.1, 0.15) is 49.3 Å². The molecule has 0 atom stereocenters. The molecule has 1 aliphatic rings. The number of benzene rings is 1. The minimum atomic E-state index is -6.05. The van der Waals surface area contributed by atoms with Crippen LogP contribution in [0.15, 0.2) is 30.3 Å². The summed E-state index contributed by atoms with van der Waals surface area (Å²) >= 11 is 0. The lowest BCUT2D eigenvalue weighted by Crippen LogP contribution is -2.29. The smallest absolute Gasteiger partial charge is 0.354 e. The second-order valence-corrected chi connectivity index (χ2v) is 8.55. The van der Waals surface area contributed by atoms with Crippen LogP contribution in [0, 0.1) is 21.4 Å². The van der Waals surface area contributed by atoms with E-state index in [2.05, 4.69) is 9.17 Å². The molecule has 3 rings (SSSR count). The van der Waals surface area contributed by atoms with E-state index in [9.17, 15) is 37.0 Å². The van der Waals surface area contributed by atoms with Crippen LogP contribution in [0.5, 0.6) is 5.88 Å². The first-order valence-corrected chi connectivity index (χ1v) is 10.6. The van der Waals surface area contributed by atoms with Crippen LogP contribution in [0.25, 0.3) is 11.1 Å². The minimum Gasteiger partial charge on any atom is -0.354 e. The third kappa shape index (κ3) is 4.77. The van der Waals surface area contributed by atoms with Crippen molar-refractivity contribution in [1.82, 2.24) is 4.98 Å². The molecule has 0 N–H and O–H groups in total. The summed E-state index contributed by atoms with van der Waals surface area (Å²) in [4.78, 5) is 14.2. The van der Waals surface area contributed by atoms with E-state index in [1.807, 2.05) is 0 Å². The molecule has 0 aliphatic heterocycles. The van der Waals surface area contributed by atoms with Gasteiger partial charge in [0.15, 0.2) is 0 Å². The lowest BCUT2D eigenvalue weighted by molar-refractivity contribution is -0.384. The summed E-state index contributed by atoms with van der Waals surface area (Å²) in [5, 5.41) is 20.4. The zero-order valence-electron chi connectivity index (χ0n) is 15.9. The predicted octanol–water partition coefficient (Wildman–Crippen LogP) is 4.80.